The first-order valence-electron chi connectivity index (χ1n) is 5.71. The molecule has 0 atom stereocenters. The van der Waals surface area contributed by atoms with E-state index in [-0.39, 0.29) is 0 Å². The van der Waals surface area contributed by atoms with E-state index in [9.17, 15) is 0 Å². The van der Waals surface area contributed by atoms with Gasteiger partial charge < -0.3 is 0 Å². The third kappa shape index (κ3) is 12.7. The van der Waals surface area contributed by atoms with Gasteiger partial charge in [0.15, 0.2) is 0 Å². The second kappa shape index (κ2) is 12.7. The largest absolute Gasteiger partial charge is 0.198 e. The average Bonchev–Trinajstić information content (AvgIpc) is 2.26. The van der Waals surface area contributed by atoms with Gasteiger partial charge in [0, 0.05) is 6.42 Å². The van der Waals surface area contributed by atoms with Crippen molar-refractivity contribution in [2.45, 2.75) is 44.9 Å². The van der Waals surface area contributed by atoms with Gasteiger partial charge in [0.25, 0.3) is 0 Å². The second-order valence-electron chi connectivity index (χ2n) is 3.47. The molecule has 0 saturated carbocycles. The first kappa shape index (κ1) is 13.7. The molecule has 0 spiro atoms. The van der Waals surface area contributed by atoms with Gasteiger partial charge in [-0.05, 0) is 38.5 Å². The number of rotatable bonds is 9. The molecule has 0 saturated heterocycles. The van der Waals surface area contributed by atoms with E-state index >= 15 is 0 Å². The number of hydrogen-bond acceptors (Lipinski definition) is 1. The highest BCUT2D eigenvalue weighted by Gasteiger charge is 1.84. The fourth-order valence-electron chi connectivity index (χ4n) is 1.25. The number of unbranched alkanes of at least 4 members (excludes halogenated alkanes) is 5. The normalized spacial score (nSPS) is 10.9. The lowest BCUT2D eigenvalue weighted by atomic mass is 10.1. The number of allylic oxidation sites excluding steroid dienone is 5. The molecule has 0 N–H and O–H groups in total. The minimum absolute atomic E-state index is 0.695. The van der Waals surface area contributed by atoms with Crippen molar-refractivity contribution in [2.24, 2.45) is 0 Å². The number of nitrogens with zero attached hydrogens (tertiary/aromatic N) is 1. The Bertz CT molecular complexity index is 230. The predicted molar refractivity (Wildman–Crippen MR) is 66.4 cm³/mol. The quantitative estimate of drug-likeness (QED) is 0.306. The maximum atomic E-state index is 8.33. The van der Waals surface area contributed by atoms with Crippen LogP contribution in [0, 0.1) is 11.3 Å². The van der Waals surface area contributed by atoms with Crippen LogP contribution in [0.3, 0.4) is 0 Å². The zero-order chi connectivity index (χ0) is 11.2. The van der Waals surface area contributed by atoms with Gasteiger partial charge in [-0.1, -0.05) is 37.0 Å². The number of hydrogen-bond donors (Lipinski definition) is 0. The van der Waals surface area contributed by atoms with Gasteiger partial charge in [0.05, 0.1) is 6.07 Å². The highest BCUT2D eigenvalue weighted by atomic mass is 14.2. The fourth-order valence-corrected chi connectivity index (χ4v) is 1.25. The zero-order valence-electron chi connectivity index (χ0n) is 9.49. The number of nitriles is 1. The standard InChI is InChI=1S/C14H21N/c1-2-3-4-5-6-7-8-9-10-11-12-13-14-15/h2-4,8-9H,1,5-7,10-13H2/b4-3+,9-8+. The van der Waals surface area contributed by atoms with Crippen molar-refractivity contribution in [1.82, 2.24) is 0 Å². The fraction of sp³-hybridized carbons (Fsp3) is 0.500. The van der Waals surface area contributed by atoms with Crippen LogP contribution in [0.4, 0.5) is 0 Å². The van der Waals surface area contributed by atoms with E-state index in [0.717, 1.165) is 32.1 Å². The van der Waals surface area contributed by atoms with Gasteiger partial charge in [0.1, 0.15) is 0 Å². The van der Waals surface area contributed by atoms with E-state index in [4.69, 9.17) is 5.26 Å². The van der Waals surface area contributed by atoms with E-state index in [1.165, 1.54) is 6.42 Å². The topological polar surface area (TPSA) is 23.8 Å². The molecule has 0 rings (SSSR count). The molecule has 0 aliphatic heterocycles. The minimum Gasteiger partial charge on any atom is -0.198 e. The molecule has 0 amide bonds. The molecule has 0 aromatic rings. The molecule has 82 valence electrons. The molecule has 0 aromatic carbocycles. The van der Waals surface area contributed by atoms with E-state index in [2.05, 4.69) is 30.9 Å². The van der Waals surface area contributed by atoms with E-state index in [1.807, 2.05) is 12.2 Å². The molecule has 0 radical (unpaired) electrons. The van der Waals surface area contributed by atoms with E-state index in [1.54, 1.807) is 0 Å². The molecule has 15 heavy (non-hydrogen) atoms. The van der Waals surface area contributed by atoms with Crippen molar-refractivity contribution in [1.29, 1.82) is 5.26 Å². The Labute approximate surface area is 93.8 Å². The molecule has 0 heterocycles. The maximum Gasteiger partial charge on any atom is 0.0621 e. The average molecular weight is 203 g/mol. The van der Waals surface area contributed by atoms with Crippen molar-refractivity contribution in [3.8, 4) is 6.07 Å². The Morgan fingerprint density at radius 3 is 2.27 bits per heavy atom. The third-order valence-electron chi connectivity index (χ3n) is 2.09. The van der Waals surface area contributed by atoms with E-state index < -0.39 is 0 Å². The first-order chi connectivity index (χ1) is 7.41. The zero-order valence-corrected chi connectivity index (χ0v) is 9.49. The molecular formula is C14H21N. The first-order valence-corrected chi connectivity index (χ1v) is 5.71. The van der Waals surface area contributed by atoms with Crippen molar-refractivity contribution in [3.05, 3.63) is 37.0 Å². The van der Waals surface area contributed by atoms with Crippen LogP contribution in [0.15, 0.2) is 37.0 Å². The molecule has 0 aliphatic carbocycles. The SMILES string of the molecule is C=C/C=C/CCC/C=C/CCCCC#N. The Kier molecular flexibility index (Phi) is 11.6. The molecule has 0 fully saturated rings. The van der Waals surface area contributed by atoms with Gasteiger partial charge >= 0.3 is 0 Å². The summed E-state index contributed by atoms with van der Waals surface area (Å²) in [5, 5.41) is 8.33. The van der Waals surface area contributed by atoms with Gasteiger partial charge in [-0.15, -0.1) is 0 Å². The summed E-state index contributed by atoms with van der Waals surface area (Å²) in [5.74, 6) is 0. The van der Waals surface area contributed by atoms with Crippen molar-refractivity contribution in [2.75, 3.05) is 0 Å². The van der Waals surface area contributed by atoms with Crippen LogP contribution >= 0.6 is 0 Å². The predicted octanol–water partition coefficient (Wildman–Crippen LogP) is 4.54. The van der Waals surface area contributed by atoms with Gasteiger partial charge in [-0.2, -0.15) is 5.26 Å². The second-order valence-corrected chi connectivity index (χ2v) is 3.47. The highest BCUT2D eigenvalue weighted by molar-refractivity contribution is 4.97. The lowest BCUT2D eigenvalue weighted by Crippen LogP contribution is -1.73. The summed E-state index contributed by atoms with van der Waals surface area (Å²) < 4.78 is 0. The lowest BCUT2D eigenvalue weighted by molar-refractivity contribution is 0.763. The van der Waals surface area contributed by atoms with Crippen molar-refractivity contribution >= 4 is 0 Å². The third-order valence-corrected chi connectivity index (χ3v) is 2.09. The summed E-state index contributed by atoms with van der Waals surface area (Å²) in [7, 11) is 0. The summed E-state index contributed by atoms with van der Waals surface area (Å²) in [4.78, 5) is 0. The molecular weight excluding hydrogens is 182 g/mol. The van der Waals surface area contributed by atoms with Crippen LogP contribution in [0.5, 0.6) is 0 Å². The Balaban J connectivity index is 3.14. The minimum atomic E-state index is 0.695. The van der Waals surface area contributed by atoms with Crippen molar-refractivity contribution < 1.29 is 0 Å². The summed E-state index contributed by atoms with van der Waals surface area (Å²) in [6, 6.07) is 2.16. The molecule has 0 unspecified atom stereocenters. The molecule has 0 aliphatic rings. The Hall–Kier alpha value is -1.29. The van der Waals surface area contributed by atoms with Crippen LogP contribution in [0.1, 0.15) is 44.9 Å². The summed E-state index contributed by atoms with van der Waals surface area (Å²) in [6.45, 7) is 3.62. The Morgan fingerprint density at radius 2 is 1.60 bits per heavy atom. The lowest BCUT2D eigenvalue weighted by Gasteiger charge is -1.92. The highest BCUT2D eigenvalue weighted by Crippen LogP contribution is 2.02. The van der Waals surface area contributed by atoms with Gasteiger partial charge in [-0.25, -0.2) is 0 Å². The smallest absolute Gasteiger partial charge is 0.0621 e. The summed E-state index contributed by atoms with van der Waals surface area (Å²) in [5.41, 5.74) is 0. The van der Waals surface area contributed by atoms with Crippen LogP contribution in [0.25, 0.3) is 0 Å². The monoisotopic (exact) mass is 203 g/mol. The van der Waals surface area contributed by atoms with Crippen LogP contribution in [-0.2, 0) is 0 Å². The Morgan fingerprint density at radius 1 is 0.933 bits per heavy atom. The summed E-state index contributed by atoms with van der Waals surface area (Å²) >= 11 is 0. The van der Waals surface area contributed by atoms with Crippen molar-refractivity contribution in [3.63, 3.8) is 0 Å². The van der Waals surface area contributed by atoms with Crippen LogP contribution in [0.2, 0.25) is 0 Å². The molecule has 1 heteroatoms. The van der Waals surface area contributed by atoms with Gasteiger partial charge in [0.2, 0.25) is 0 Å². The van der Waals surface area contributed by atoms with Crippen LogP contribution < -0.4 is 0 Å². The van der Waals surface area contributed by atoms with E-state index in [0.29, 0.717) is 6.42 Å². The summed E-state index contributed by atoms with van der Waals surface area (Å²) in [6.07, 6.45) is 17.9. The maximum absolute atomic E-state index is 8.33. The molecule has 1 nitrogen and oxygen atoms in total. The van der Waals surface area contributed by atoms with Gasteiger partial charge in [-0.3, -0.25) is 0 Å². The molecule has 0 bridgehead atoms. The van der Waals surface area contributed by atoms with Crippen LogP contribution in [-0.4, -0.2) is 0 Å². The molecule has 0 aromatic heterocycles.